The van der Waals surface area contributed by atoms with Crippen LogP contribution in [0.15, 0.2) is 200 Å². The third-order valence-electron chi connectivity index (χ3n) is 10.9. The molecule has 0 fully saturated rings. The number of rotatable bonds is 6. The Bertz CT molecular complexity index is 3190. The molecule has 55 heavy (non-hydrogen) atoms. The quantitative estimate of drug-likeness (QED) is 0.164. The van der Waals surface area contributed by atoms with Crippen molar-refractivity contribution in [3.05, 3.63) is 200 Å². The molecule has 2 heterocycles. The van der Waals surface area contributed by atoms with Gasteiger partial charge in [0.15, 0.2) is 0 Å². The van der Waals surface area contributed by atoms with Gasteiger partial charge in [0.1, 0.15) is 0 Å². The SMILES string of the molecule is c1ccc(-c2cccc(N(c3ccc(-c4cccc5ccc6sc7ccccc7c6c45)cc3)c3cccc4c3sc3ccccc34)c2-c2ccccc2)cc1. The predicted octanol–water partition coefficient (Wildman–Crippen LogP) is 16.0. The summed E-state index contributed by atoms with van der Waals surface area (Å²) in [6, 6.07) is 73.4. The average Bonchev–Trinajstić information content (AvgIpc) is 3.84. The molecule has 11 rings (SSSR count). The molecule has 0 amide bonds. The highest BCUT2D eigenvalue weighted by molar-refractivity contribution is 7.26. The van der Waals surface area contributed by atoms with Gasteiger partial charge in [-0.25, -0.2) is 0 Å². The fourth-order valence-corrected chi connectivity index (χ4v) is 10.8. The highest BCUT2D eigenvalue weighted by atomic mass is 32.1. The van der Waals surface area contributed by atoms with Gasteiger partial charge in [-0.15, -0.1) is 22.7 Å². The molecule has 0 bridgehead atoms. The summed E-state index contributed by atoms with van der Waals surface area (Å²) in [6.07, 6.45) is 0. The van der Waals surface area contributed by atoms with Crippen molar-refractivity contribution in [3.8, 4) is 33.4 Å². The van der Waals surface area contributed by atoms with Crippen molar-refractivity contribution in [2.24, 2.45) is 0 Å². The van der Waals surface area contributed by atoms with Crippen LogP contribution in [0, 0.1) is 0 Å². The molecule has 0 atom stereocenters. The van der Waals surface area contributed by atoms with E-state index >= 15 is 0 Å². The monoisotopic (exact) mass is 735 g/mol. The normalized spacial score (nSPS) is 11.6. The summed E-state index contributed by atoms with van der Waals surface area (Å²) in [5, 5.41) is 7.83. The second-order valence-electron chi connectivity index (χ2n) is 14.0. The van der Waals surface area contributed by atoms with E-state index in [1.54, 1.807) is 0 Å². The van der Waals surface area contributed by atoms with Crippen LogP contribution in [0.25, 0.3) is 84.5 Å². The van der Waals surface area contributed by atoms with Gasteiger partial charge < -0.3 is 4.90 Å². The van der Waals surface area contributed by atoms with Gasteiger partial charge in [-0.05, 0) is 81.1 Å². The number of hydrogen-bond donors (Lipinski definition) is 0. The van der Waals surface area contributed by atoms with Gasteiger partial charge in [0.2, 0.25) is 0 Å². The van der Waals surface area contributed by atoms with E-state index in [0.29, 0.717) is 0 Å². The van der Waals surface area contributed by atoms with Crippen LogP contribution in [0.4, 0.5) is 17.1 Å². The largest absolute Gasteiger partial charge is 0.308 e. The molecular formula is C52H33NS2. The van der Waals surface area contributed by atoms with Crippen molar-refractivity contribution in [1.29, 1.82) is 0 Å². The first-order valence-electron chi connectivity index (χ1n) is 18.7. The van der Waals surface area contributed by atoms with E-state index in [4.69, 9.17) is 0 Å². The Morgan fingerprint density at radius 2 is 0.927 bits per heavy atom. The van der Waals surface area contributed by atoms with Crippen molar-refractivity contribution >= 4 is 90.9 Å². The van der Waals surface area contributed by atoms with Crippen LogP contribution in [-0.4, -0.2) is 0 Å². The number of fused-ring (bicyclic) bond motifs is 8. The second kappa shape index (κ2) is 13.1. The molecule has 9 aromatic carbocycles. The Kier molecular flexibility index (Phi) is 7.61. The molecular weight excluding hydrogens is 703 g/mol. The molecule has 2 aromatic heterocycles. The molecule has 0 saturated carbocycles. The third kappa shape index (κ3) is 5.27. The summed E-state index contributed by atoms with van der Waals surface area (Å²) in [5.41, 5.74) is 10.7. The molecule has 0 radical (unpaired) electrons. The molecule has 1 nitrogen and oxygen atoms in total. The molecule has 0 unspecified atom stereocenters. The first-order chi connectivity index (χ1) is 27.3. The van der Waals surface area contributed by atoms with Crippen molar-refractivity contribution in [1.82, 2.24) is 0 Å². The van der Waals surface area contributed by atoms with E-state index in [9.17, 15) is 0 Å². The van der Waals surface area contributed by atoms with Crippen molar-refractivity contribution in [3.63, 3.8) is 0 Å². The van der Waals surface area contributed by atoms with Gasteiger partial charge in [0.05, 0.1) is 16.1 Å². The lowest BCUT2D eigenvalue weighted by Crippen LogP contribution is -2.12. The maximum absolute atomic E-state index is 2.49. The van der Waals surface area contributed by atoms with Gasteiger partial charge in [0, 0.05) is 46.9 Å². The Morgan fingerprint density at radius 1 is 0.327 bits per heavy atom. The second-order valence-corrected chi connectivity index (χ2v) is 16.1. The van der Waals surface area contributed by atoms with Crippen LogP contribution in [0.2, 0.25) is 0 Å². The van der Waals surface area contributed by atoms with E-state index in [-0.39, 0.29) is 0 Å². The topological polar surface area (TPSA) is 3.24 Å². The summed E-state index contributed by atoms with van der Waals surface area (Å²) in [6.45, 7) is 0. The fraction of sp³-hybridized carbons (Fsp3) is 0. The maximum Gasteiger partial charge on any atom is 0.0640 e. The molecule has 11 aromatic rings. The molecule has 3 heteroatoms. The van der Waals surface area contributed by atoms with Crippen molar-refractivity contribution in [2.75, 3.05) is 4.90 Å². The first kappa shape index (κ1) is 32.0. The highest BCUT2D eigenvalue weighted by Crippen LogP contribution is 2.50. The third-order valence-corrected chi connectivity index (χ3v) is 13.2. The Labute approximate surface area is 327 Å². The first-order valence-corrected chi connectivity index (χ1v) is 20.3. The van der Waals surface area contributed by atoms with E-state index in [0.717, 1.165) is 11.4 Å². The van der Waals surface area contributed by atoms with Crippen LogP contribution in [0.3, 0.4) is 0 Å². The molecule has 0 spiro atoms. The predicted molar refractivity (Wildman–Crippen MR) is 241 cm³/mol. The van der Waals surface area contributed by atoms with Crippen LogP contribution in [0.5, 0.6) is 0 Å². The minimum Gasteiger partial charge on any atom is -0.308 e. The van der Waals surface area contributed by atoms with Crippen molar-refractivity contribution < 1.29 is 0 Å². The standard InChI is InChI=1S/C52H33NS2/c1-3-14-34(15-4-1)39-22-12-24-44(49(39)36-16-5-2-6-17-36)53(45-25-13-23-42-41-19-7-9-26-46(41)55-52(42)45)38-31-28-35(29-32-38)40-21-11-18-37-30-33-48-51(50(37)40)43-20-8-10-27-47(43)54-48/h1-33H. The zero-order valence-electron chi connectivity index (χ0n) is 29.8. The van der Waals surface area contributed by atoms with Crippen LogP contribution >= 0.6 is 22.7 Å². The number of nitrogens with zero attached hydrogens (tertiary/aromatic N) is 1. The van der Waals surface area contributed by atoms with Gasteiger partial charge in [0.25, 0.3) is 0 Å². The highest BCUT2D eigenvalue weighted by Gasteiger charge is 2.23. The summed E-state index contributed by atoms with van der Waals surface area (Å²) >= 11 is 3.75. The zero-order chi connectivity index (χ0) is 36.3. The van der Waals surface area contributed by atoms with Crippen LogP contribution in [-0.2, 0) is 0 Å². The van der Waals surface area contributed by atoms with Gasteiger partial charge >= 0.3 is 0 Å². The van der Waals surface area contributed by atoms with E-state index in [2.05, 4.69) is 205 Å². The number of anilines is 3. The zero-order valence-corrected chi connectivity index (χ0v) is 31.4. The van der Waals surface area contributed by atoms with Gasteiger partial charge in [-0.1, -0.05) is 158 Å². The summed E-state index contributed by atoms with van der Waals surface area (Å²) in [5.74, 6) is 0. The molecule has 258 valence electrons. The lowest BCUT2D eigenvalue weighted by Gasteiger charge is -2.30. The lowest BCUT2D eigenvalue weighted by molar-refractivity contribution is 1.30. The number of thiophene rings is 2. The summed E-state index contributed by atoms with van der Waals surface area (Å²) < 4.78 is 5.22. The van der Waals surface area contributed by atoms with E-state index in [1.807, 2.05) is 22.7 Å². The van der Waals surface area contributed by atoms with Crippen LogP contribution in [0.1, 0.15) is 0 Å². The molecule has 0 aliphatic rings. The van der Waals surface area contributed by atoms with Crippen LogP contribution < -0.4 is 4.90 Å². The van der Waals surface area contributed by atoms with Crippen molar-refractivity contribution in [2.45, 2.75) is 0 Å². The van der Waals surface area contributed by atoms with E-state index < -0.39 is 0 Å². The molecule has 0 aliphatic carbocycles. The molecule has 0 N–H and O–H groups in total. The number of hydrogen-bond acceptors (Lipinski definition) is 3. The van der Waals surface area contributed by atoms with E-state index in [1.165, 1.54) is 90.2 Å². The Hall–Kier alpha value is -6.52. The Balaban J connectivity index is 1.16. The number of benzene rings is 9. The lowest BCUT2D eigenvalue weighted by atomic mass is 9.92. The summed E-state index contributed by atoms with van der Waals surface area (Å²) in [4.78, 5) is 2.49. The molecule has 0 aliphatic heterocycles. The Morgan fingerprint density at radius 3 is 1.73 bits per heavy atom. The fourth-order valence-electron chi connectivity index (χ4n) is 8.43. The minimum absolute atomic E-state index is 1.11. The van der Waals surface area contributed by atoms with Gasteiger partial charge in [-0.3, -0.25) is 0 Å². The smallest absolute Gasteiger partial charge is 0.0640 e. The maximum atomic E-state index is 2.49. The average molecular weight is 736 g/mol. The molecule has 0 saturated heterocycles. The van der Waals surface area contributed by atoms with Gasteiger partial charge in [-0.2, -0.15) is 0 Å². The summed E-state index contributed by atoms with van der Waals surface area (Å²) in [7, 11) is 0. The minimum atomic E-state index is 1.11.